The lowest BCUT2D eigenvalue weighted by atomic mass is 10.1. The Hall–Kier alpha value is -2.64. The highest BCUT2D eigenvalue weighted by atomic mass is 35.5. The Kier molecular flexibility index (Phi) is 6.26. The molecule has 1 fully saturated rings. The fourth-order valence-corrected chi connectivity index (χ4v) is 3.13. The molecule has 1 aliphatic rings. The van der Waals surface area contributed by atoms with E-state index in [1.165, 1.54) is 18.2 Å². The van der Waals surface area contributed by atoms with Gasteiger partial charge in [-0.3, -0.25) is 14.9 Å². The van der Waals surface area contributed by atoms with Crippen LogP contribution in [-0.4, -0.2) is 43.7 Å². The zero-order valence-electron chi connectivity index (χ0n) is 14.7. The van der Waals surface area contributed by atoms with E-state index in [9.17, 15) is 14.9 Å². The molecule has 0 aliphatic carbocycles. The second-order valence-corrected chi connectivity index (χ2v) is 6.63. The van der Waals surface area contributed by atoms with Crippen molar-refractivity contribution >= 4 is 28.9 Å². The van der Waals surface area contributed by atoms with Crippen molar-refractivity contribution in [3.8, 4) is 0 Å². The first-order valence-corrected chi connectivity index (χ1v) is 9.06. The molecule has 0 atom stereocenters. The molecule has 0 aromatic heterocycles. The summed E-state index contributed by atoms with van der Waals surface area (Å²) < 4.78 is 5.36. The van der Waals surface area contributed by atoms with Crippen LogP contribution in [-0.2, 0) is 11.2 Å². The van der Waals surface area contributed by atoms with E-state index in [-0.39, 0.29) is 16.3 Å². The number of nitro benzene ring substituents is 1. The van der Waals surface area contributed by atoms with Gasteiger partial charge < -0.3 is 15.0 Å². The third kappa shape index (κ3) is 4.96. The number of rotatable bonds is 6. The maximum atomic E-state index is 12.3. The van der Waals surface area contributed by atoms with Gasteiger partial charge in [-0.15, -0.1) is 0 Å². The Morgan fingerprint density at radius 3 is 2.56 bits per heavy atom. The Bertz CT molecular complexity index is 820. The van der Waals surface area contributed by atoms with Crippen molar-refractivity contribution in [2.24, 2.45) is 0 Å². The molecule has 0 saturated carbocycles. The van der Waals surface area contributed by atoms with Crippen LogP contribution in [0.2, 0.25) is 5.02 Å². The molecule has 2 aromatic carbocycles. The molecule has 0 radical (unpaired) electrons. The predicted octanol–water partition coefficient (Wildman–Crippen LogP) is 3.06. The normalized spacial score (nSPS) is 14.0. The van der Waals surface area contributed by atoms with E-state index >= 15 is 0 Å². The van der Waals surface area contributed by atoms with Crippen LogP contribution in [0.1, 0.15) is 15.9 Å². The largest absolute Gasteiger partial charge is 0.378 e. The lowest BCUT2D eigenvalue weighted by Gasteiger charge is -2.28. The number of carbonyl (C=O) groups is 1. The SMILES string of the molecule is O=C(NCCc1ccc(N2CCOCC2)cc1)c1cc(Cl)ccc1[N+](=O)[O-]. The summed E-state index contributed by atoms with van der Waals surface area (Å²) in [6.07, 6.45) is 0.628. The van der Waals surface area contributed by atoms with Gasteiger partial charge in [0.2, 0.25) is 0 Å². The van der Waals surface area contributed by atoms with Crippen molar-refractivity contribution in [2.45, 2.75) is 6.42 Å². The second-order valence-electron chi connectivity index (χ2n) is 6.19. The number of nitro groups is 1. The molecular weight excluding hydrogens is 370 g/mol. The van der Waals surface area contributed by atoms with Gasteiger partial charge in [-0.2, -0.15) is 0 Å². The van der Waals surface area contributed by atoms with Gasteiger partial charge in [-0.25, -0.2) is 0 Å². The summed E-state index contributed by atoms with van der Waals surface area (Å²) in [5.41, 5.74) is 1.94. The van der Waals surface area contributed by atoms with Gasteiger partial charge in [-0.05, 0) is 36.2 Å². The van der Waals surface area contributed by atoms with Gasteiger partial charge in [0.1, 0.15) is 5.56 Å². The quantitative estimate of drug-likeness (QED) is 0.606. The standard InChI is InChI=1S/C19H20ClN3O4/c20-15-3-6-18(23(25)26)17(13-15)19(24)21-8-7-14-1-4-16(5-2-14)22-9-11-27-12-10-22/h1-6,13H,7-12H2,(H,21,24). The third-order valence-corrected chi connectivity index (χ3v) is 4.65. The van der Waals surface area contributed by atoms with Gasteiger partial charge in [0, 0.05) is 36.4 Å². The Morgan fingerprint density at radius 2 is 1.89 bits per heavy atom. The van der Waals surface area contributed by atoms with E-state index in [2.05, 4.69) is 22.3 Å². The Balaban J connectivity index is 1.56. The molecule has 8 heteroatoms. The van der Waals surface area contributed by atoms with Crippen molar-refractivity contribution in [2.75, 3.05) is 37.7 Å². The monoisotopic (exact) mass is 389 g/mol. The van der Waals surface area contributed by atoms with Crippen LogP contribution in [0.4, 0.5) is 11.4 Å². The molecule has 0 spiro atoms. The highest BCUT2D eigenvalue weighted by Gasteiger charge is 2.20. The number of carbonyl (C=O) groups excluding carboxylic acids is 1. The number of halogens is 1. The molecule has 0 unspecified atom stereocenters. The summed E-state index contributed by atoms with van der Waals surface area (Å²) >= 11 is 5.86. The summed E-state index contributed by atoms with van der Waals surface area (Å²) in [4.78, 5) is 25.0. The van der Waals surface area contributed by atoms with Crippen molar-refractivity contribution < 1.29 is 14.5 Å². The number of morpholine rings is 1. The first-order valence-electron chi connectivity index (χ1n) is 8.68. The molecule has 27 heavy (non-hydrogen) atoms. The zero-order valence-corrected chi connectivity index (χ0v) is 15.4. The molecule has 7 nitrogen and oxygen atoms in total. The zero-order chi connectivity index (χ0) is 19.2. The average molecular weight is 390 g/mol. The minimum absolute atomic E-state index is 0.0323. The van der Waals surface area contributed by atoms with Crippen LogP contribution in [0, 0.1) is 10.1 Å². The lowest BCUT2D eigenvalue weighted by Crippen LogP contribution is -2.36. The van der Waals surface area contributed by atoms with E-state index in [0.29, 0.717) is 13.0 Å². The summed E-state index contributed by atoms with van der Waals surface area (Å²) in [6, 6.07) is 12.1. The number of anilines is 1. The van der Waals surface area contributed by atoms with Gasteiger partial charge >= 0.3 is 0 Å². The number of nitrogens with one attached hydrogen (secondary N) is 1. The molecule has 1 heterocycles. The number of amides is 1. The van der Waals surface area contributed by atoms with Gasteiger partial charge in [0.15, 0.2) is 0 Å². The highest BCUT2D eigenvalue weighted by Crippen LogP contribution is 2.22. The molecule has 1 saturated heterocycles. The van der Waals surface area contributed by atoms with E-state index in [0.717, 1.165) is 37.6 Å². The van der Waals surface area contributed by atoms with Gasteiger partial charge in [-0.1, -0.05) is 23.7 Å². The average Bonchev–Trinajstić information content (AvgIpc) is 2.69. The lowest BCUT2D eigenvalue weighted by molar-refractivity contribution is -0.385. The van der Waals surface area contributed by atoms with E-state index < -0.39 is 10.8 Å². The highest BCUT2D eigenvalue weighted by molar-refractivity contribution is 6.31. The third-order valence-electron chi connectivity index (χ3n) is 4.41. The Morgan fingerprint density at radius 1 is 1.19 bits per heavy atom. The van der Waals surface area contributed by atoms with Gasteiger partial charge in [0.05, 0.1) is 18.1 Å². The fourth-order valence-electron chi connectivity index (χ4n) is 2.96. The van der Waals surface area contributed by atoms with Crippen molar-refractivity contribution in [1.82, 2.24) is 5.32 Å². The van der Waals surface area contributed by atoms with Crippen LogP contribution in [0.25, 0.3) is 0 Å². The smallest absolute Gasteiger partial charge is 0.282 e. The molecule has 1 aliphatic heterocycles. The second kappa shape index (κ2) is 8.83. The summed E-state index contributed by atoms with van der Waals surface area (Å²) in [6.45, 7) is 3.62. The fraction of sp³-hybridized carbons (Fsp3) is 0.316. The van der Waals surface area contributed by atoms with E-state index in [4.69, 9.17) is 16.3 Å². The number of hydrogen-bond acceptors (Lipinski definition) is 5. The molecule has 1 amide bonds. The number of nitrogens with zero attached hydrogens (tertiary/aromatic N) is 2. The molecule has 0 bridgehead atoms. The molecule has 1 N–H and O–H groups in total. The Labute approximate surface area is 162 Å². The van der Waals surface area contributed by atoms with Crippen molar-refractivity contribution in [1.29, 1.82) is 0 Å². The predicted molar refractivity (Wildman–Crippen MR) is 104 cm³/mol. The molecular formula is C19H20ClN3O4. The maximum Gasteiger partial charge on any atom is 0.282 e. The summed E-state index contributed by atoms with van der Waals surface area (Å²) in [5.74, 6) is -0.505. The molecule has 142 valence electrons. The number of ether oxygens (including phenoxy) is 1. The van der Waals surface area contributed by atoms with E-state index in [1.807, 2.05) is 12.1 Å². The van der Waals surface area contributed by atoms with Crippen LogP contribution in [0.3, 0.4) is 0 Å². The van der Waals surface area contributed by atoms with Crippen LogP contribution in [0.5, 0.6) is 0 Å². The van der Waals surface area contributed by atoms with Crippen molar-refractivity contribution in [3.05, 3.63) is 68.7 Å². The topological polar surface area (TPSA) is 84.7 Å². The minimum Gasteiger partial charge on any atom is -0.378 e. The van der Waals surface area contributed by atoms with Crippen LogP contribution in [0.15, 0.2) is 42.5 Å². The molecule has 2 aromatic rings. The first kappa shape index (κ1) is 19.1. The first-order chi connectivity index (χ1) is 13.0. The van der Waals surface area contributed by atoms with E-state index in [1.54, 1.807) is 0 Å². The summed E-state index contributed by atoms with van der Waals surface area (Å²) in [7, 11) is 0. The van der Waals surface area contributed by atoms with Crippen LogP contribution < -0.4 is 10.2 Å². The minimum atomic E-state index is -0.588. The number of benzene rings is 2. The summed E-state index contributed by atoms with van der Waals surface area (Å²) in [5, 5.41) is 14.1. The van der Waals surface area contributed by atoms with Crippen LogP contribution >= 0.6 is 11.6 Å². The van der Waals surface area contributed by atoms with Gasteiger partial charge in [0.25, 0.3) is 11.6 Å². The number of hydrogen-bond donors (Lipinski definition) is 1. The molecule has 3 rings (SSSR count). The van der Waals surface area contributed by atoms with Crippen molar-refractivity contribution in [3.63, 3.8) is 0 Å². The maximum absolute atomic E-state index is 12.3.